The summed E-state index contributed by atoms with van der Waals surface area (Å²) in [5.41, 5.74) is 0.697. The first-order chi connectivity index (χ1) is 13.0. The molecule has 0 unspecified atom stereocenters. The van der Waals surface area contributed by atoms with Crippen LogP contribution >= 0.6 is 0 Å². The van der Waals surface area contributed by atoms with Crippen molar-refractivity contribution >= 4 is 23.4 Å². The van der Waals surface area contributed by atoms with E-state index in [0.717, 1.165) is 12.6 Å². The van der Waals surface area contributed by atoms with Crippen molar-refractivity contribution in [3.8, 4) is 0 Å². The Bertz CT molecular complexity index is 882. The maximum atomic E-state index is 14.3. The Morgan fingerprint density at radius 1 is 1.37 bits per heavy atom. The third-order valence-electron chi connectivity index (χ3n) is 5.03. The molecule has 2 aliphatic rings. The van der Waals surface area contributed by atoms with E-state index >= 15 is 0 Å². The predicted molar refractivity (Wildman–Crippen MR) is 96.8 cm³/mol. The average molecular weight is 372 g/mol. The maximum Gasteiger partial charge on any atom is 0.311 e. The van der Waals surface area contributed by atoms with Crippen LogP contribution in [0.1, 0.15) is 13.3 Å². The van der Waals surface area contributed by atoms with Crippen LogP contribution in [0.25, 0.3) is 0 Å². The highest BCUT2D eigenvalue weighted by molar-refractivity contribution is 5.76. The summed E-state index contributed by atoms with van der Waals surface area (Å²) in [5, 5.41) is 10.2. The van der Waals surface area contributed by atoms with Crippen molar-refractivity contribution in [1.82, 2.24) is 19.7 Å². The van der Waals surface area contributed by atoms with Crippen LogP contribution in [-0.4, -0.2) is 38.4 Å². The number of esters is 1. The molecule has 0 amide bonds. The summed E-state index contributed by atoms with van der Waals surface area (Å²) in [7, 11) is 1.79. The number of aromatic nitrogens is 4. The molecule has 27 heavy (non-hydrogen) atoms. The van der Waals surface area contributed by atoms with Crippen molar-refractivity contribution in [1.29, 1.82) is 0 Å². The van der Waals surface area contributed by atoms with E-state index in [9.17, 15) is 9.18 Å². The highest BCUT2D eigenvalue weighted by atomic mass is 19.1. The Hall–Kier alpha value is -2.97. The Labute approximate surface area is 155 Å². The summed E-state index contributed by atoms with van der Waals surface area (Å²) >= 11 is 0. The molecule has 1 fully saturated rings. The fourth-order valence-corrected chi connectivity index (χ4v) is 3.88. The number of aryl methyl sites for hydroxylation is 1. The highest BCUT2D eigenvalue weighted by Crippen LogP contribution is 2.45. The first-order valence-corrected chi connectivity index (χ1v) is 8.95. The standard InChI is InChI=1S/C18H21FN6O2/c1-3-27-17(26)14-10-4-5-11(6-10)15(14)23-16-13(19)8-20-18(24-16)22-12-7-21-25(2)9-12/h4-5,7-11,14-15H,3,6H2,1-2H3,(H2,20,22,23,24)/t10-,11+,14+,15-/m1/s1. The van der Waals surface area contributed by atoms with Gasteiger partial charge in [0.15, 0.2) is 11.6 Å². The van der Waals surface area contributed by atoms with E-state index in [4.69, 9.17) is 4.74 Å². The summed E-state index contributed by atoms with van der Waals surface area (Å²) in [4.78, 5) is 20.6. The Balaban J connectivity index is 1.55. The largest absolute Gasteiger partial charge is 0.466 e. The minimum atomic E-state index is -0.568. The second-order valence-corrected chi connectivity index (χ2v) is 6.81. The van der Waals surface area contributed by atoms with Gasteiger partial charge in [-0.25, -0.2) is 9.37 Å². The van der Waals surface area contributed by atoms with Gasteiger partial charge in [0.2, 0.25) is 5.95 Å². The minimum absolute atomic E-state index is 0.0663. The Morgan fingerprint density at radius 2 is 2.19 bits per heavy atom. The van der Waals surface area contributed by atoms with E-state index in [0.29, 0.717) is 12.3 Å². The van der Waals surface area contributed by atoms with Gasteiger partial charge < -0.3 is 15.4 Å². The molecule has 0 spiro atoms. The lowest BCUT2D eigenvalue weighted by atomic mass is 9.89. The Morgan fingerprint density at radius 3 is 2.93 bits per heavy atom. The number of nitrogens with zero attached hydrogens (tertiary/aromatic N) is 4. The van der Waals surface area contributed by atoms with Crippen molar-refractivity contribution in [2.24, 2.45) is 24.8 Å². The fourth-order valence-electron chi connectivity index (χ4n) is 3.88. The SMILES string of the molecule is CCOC(=O)[C@@H]1[C@H](Nc2nc(Nc3cnn(C)c3)ncc2F)[C@H]2C=C[C@@H]1C2. The molecule has 2 aromatic rings. The molecule has 2 N–H and O–H groups in total. The molecular formula is C18H21FN6O2. The van der Waals surface area contributed by atoms with Crippen LogP contribution in [0.3, 0.4) is 0 Å². The topological polar surface area (TPSA) is 94.0 Å². The molecule has 0 saturated heterocycles. The molecule has 0 aliphatic heterocycles. The van der Waals surface area contributed by atoms with Crippen molar-refractivity contribution in [2.75, 3.05) is 17.2 Å². The first kappa shape index (κ1) is 17.4. The van der Waals surface area contributed by atoms with Crippen LogP contribution in [-0.2, 0) is 16.6 Å². The number of hydrogen-bond acceptors (Lipinski definition) is 7. The number of halogens is 1. The number of ether oxygens (including phenoxy) is 1. The lowest BCUT2D eigenvalue weighted by Crippen LogP contribution is -2.39. The molecular weight excluding hydrogens is 351 g/mol. The van der Waals surface area contributed by atoms with Gasteiger partial charge in [0.1, 0.15) is 0 Å². The van der Waals surface area contributed by atoms with E-state index in [1.807, 2.05) is 0 Å². The summed E-state index contributed by atoms with van der Waals surface area (Å²) in [6, 6.07) is -0.255. The predicted octanol–water partition coefficient (Wildman–Crippen LogP) is 2.26. The number of anilines is 3. The molecule has 2 bridgehead atoms. The molecule has 9 heteroatoms. The van der Waals surface area contributed by atoms with Crippen LogP contribution in [0.4, 0.5) is 21.8 Å². The quantitative estimate of drug-likeness (QED) is 0.593. The van der Waals surface area contributed by atoms with Gasteiger partial charge in [-0.1, -0.05) is 12.2 Å². The van der Waals surface area contributed by atoms with Crippen LogP contribution in [0.2, 0.25) is 0 Å². The molecule has 8 nitrogen and oxygen atoms in total. The van der Waals surface area contributed by atoms with Crippen LogP contribution in [0.5, 0.6) is 0 Å². The van der Waals surface area contributed by atoms with Gasteiger partial charge in [-0.05, 0) is 25.2 Å². The number of nitrogens with one attached hydrogen (secondary N) is 2. The minimum Gasteiger partial charge on any atom is -0.466 e. The smallest absolute Gasteiger partial charge is 0.311 e. The summed E-state index contributed by atoms with van der Waals surface area (Å²) in [6.45, 7) is 2.11. The van der Waals surface area contributed by atoms with Crippen molar-refractivity contribution < 1.29 is 13.9 Å². The zero-order chi connectivity index (χ0) is 19.0. The van der Waals surface area contributed by atoms with Crippen molar-refractivity contribution in [3.05, 3.63) is 36.6 Å². The Kier molecular flexibility index (Phi) is 4.51. The lowest BCUT2D eigenvalue weighted by molar-refractivity contribution is -0.149. The molecule has 4 rings (SSSR count). The zero-order valence-corrected chi connectivity index (χ0v) is 15.1. The maximum absolute atomic E-state index is 14.3. The van der Waals surface area contributed by atoms with Gasteiger partial charge in [0.05, 0.1) is 30.6 Å². The van der Waals surface area contributed by atoms with Gasteiger partial charge in [0.25, 0.3) is 0 Å². The second kappa shape index (κ2) is 6.98. The summed E-state index contributed by atoms with van der Waals surface area (Å²) < 4.78 is 21.2. The molecule has 2 aromatic heterocycles. The van der Waals surface area contributed by atoms with E-state index < -0.39 is 5.82 Å². The number of rotatable bonds is 6. The number of allylic oxidation sites excluding steroid dienone is 1. The third-order valence-corrected chi connectivity index (χ3v) is 5.03. The number of hydrogen-bond donors (Lipinski definition) is 2. The highest BCUT2D eigenvalue weighted by Gasteiger charge is 2.49. The van der Waals surface area contributed by atoms with Crippen LogP contribution in [0, 0.1) is 23.6 Å². The van der Waals surface area contributed by atoms with Gasteiger partial charge in [-0.15, -0.1) is 0 Å². The normalized spacial score (nSPS) is 25.6. The molecule has 1 saturated carbocycles. The molecule has 0 aromatic carbocycles. The third kappa shape index (κ3) is 3.36. The molecule has 0 radical (unpaired) electrons. The zero-order valence-electron chi connectivity index (χ0n) is 15.1. The van der Waals surface area contributed by atoms with E-state index in [2.05, 4.69) is 37.9 Å². The van der Waals surface area contributed by atoms with Gasteiger partial charge in [-0.2, -0.15) is 10.1 Å². The number of carbonyl (C=O) groups is 1. The van der Waals surface area contributed by atoms with Crippen molar-refractivity contribution in [2.45, 2.75) is 19.4 Å². The van der Waals surface area contributed by atoms with Gasteiger partial charge in [0, 0.05) is 19.3 Å². The van der Waals surface area contributed by atoms with E-state index in [-0.39, 0.29) is 41.5 Å². The van der Waals surface area contributed by atoms with Crippen molar-refractivity contribution in [3.63, 3.8) is 0 Å². The van der Waals surface area contributed by atoms with E-state index in [1.54, 1.807) is 31.0 Å². The monoisotopic (exact) mass is 372 g/mol. The lowest BCUT2D eigenvalue weighted by Gasteiger charge is -2.27. The number of fused-ring (bicyclic) bond motifs is 2. The van der Waals surface area contributed by atoms with Crippen LogP contribution < -0.4 is 10.6 Å². The summed E-state index contributed by atoms with van der Waals surface area (Å²) in [5.74, 6) is -0.590. The van der Waals surface area contributed by atoms with Gasteiger partial charge in [-0.3, -0.25) is 9.48 Å². The summed E-state index contributed by atoms with van der Waals surface area (Å²) in [6.07, 6.45) is 9.47. The first-order valence-electron chi connectivity index (χ1n) is 8.95. The molecule has 142 valence electrons. The molecule has 4 atom stereocenters. The van der Waals surface area contributed by atoms with Gasteiger partial charge >= 0.3 is 5.97 Å². The molecule has 2 aliphatic carbocycles. The van der Waals surface area contributed by atoms with E-state index in [1.165, 1.54) is 0 Å². The van der Waals surface area contributed by atoms with Crippen LogP contribution in [0.15, 0.2) is 30.7 Å². The molecule has 2 heterocycles. The number of carbonyl (C=O) groups excluding carboxylic acids is 1. The second-order valence-electron chi connectivity index (χ2n) is 6.81. The fraction of sp³-hybridized carbons (Fsp3) is 0.444. The average Bonchev–Trinajstić information content (AvgIpc) is 3.34.